The Morgan fingerprint density at radius 3 is 2.46 bits per heavy atom. The summed E-state index contributed by atoms with van der Waals surface area (Å²) in [6, 6.07) is 2.34. The highest BCUT2D eigenvalue weighted by Gasteiger charge is 2.60. The number of hydrogen-bond donors (Lipinski definition) is 1. The molecule has 26 heavy (non-hydrogen) atoms. The van der Waals surface area contributed by atoms with Crippen molar-refractivity contribution in [3.05, 3.63) is 28.5 Å². The molecule has 5 nitrogen and oxygen atoms in total. The van der Waals surface area contributed by atoms with E-state index < -0.39 is 17.1 Å². The number of nitrogens with two attached hydrogens (primary N) is 1. The topological polar surface area (TPSA) is 78.6 Å². The molecule has 4 aliphatic carbocycles. The van der Waals surface area contributed by atoms with Crippen LogP contribution in [0.1, 0.15) is 42.5 Å². The molecule has 0 heterocycles. The molecule has 5 rings (SSSR count). The Bertz CT molecular complexity index is 767. The summed E-state index contributed by atoms with van der Waals surface area (Å²) in [5, 5.41) is 0.164. The zero-order valence-electron chi connectivity index (χ0n) is 14.5. The summed E-state index contributed by atoms with van der Waals surface area (Å²) < 4.78 is 25.3. The predicted molar refractivity (Wildman–Crippen MR) is 92.3 cm³/mol. The van der Waals surface area contributed by atoms with Gasteiger partial charge in [0, 0.05) is 6.07 Å². The molecule has 7 heteroatoms. The van der Waals surface area contributed by atoms with E-state index in [1.54, 1.807) is 0 Å². The molecule has 1 amide bonds. The summed E-state index contributed by atoms with van der Waals surface area (Å²) in [5.41, 5.74) is 4.50. The van der Waals surface area contributed by atoms with Crippen LogP contribution in [0.25, 0.3) is 0 Å². The average molecular weight is 382 g/mol. The number of methoxy groups -OCH3 is 1. The van der Waals surface area contributed by atoms with Crippen molar-refractivity contribution in [1.29, 1.82) is 0 Å². The molecular formula is C19H21ClFNO4. The van der Waals surface area contributed by atoms with E-state index in [2.05, 4.69) is 0 Å². The number of esters is 1. The van der Waals surface area contributed by atoms with Gasteiger partial charge in [0.15, 0.2) is 0 Å². The van der Waals surface area contributed by atoms with Crippen LogP contribution in [-0.4, -0.2) is 25.1 Å². The van der Waals surface area contributed by atoms with Gasteiger partial charge in [-0.2, -0.15) is 0 Å². The lowest BCUT2D eigenvalue weighted by Gasteiger charge is -2.58. The van der Waals surface area contributed by atoms with Crippen molar-refractivity contribution in [3.63, 3.8) is 0 Å². The van der Waals surface area contributed by atoms with Crippen molar-refractivity contribution in [2.75, 3.05) is 7.11 Å². The van der Waals surface area contributed by atoms with Crippen LogP contribution in [0.5, 0.6) is 5.75 Å². The van der Waals surface area contributed by atoms with Crippen LogP contribution < -0.4 is 10.5 Å². The molecule has 4 bridgehead atoms. The van der Waals surface area contributed by atoms with Gasteiger partial charge in [0.2, 0.25) is 0 Å². The molecular weight excluding hydrogens is 361 g/mol. The predicted octanol–water partition coefficient (Wildman–Crippen LogP) is 3.32. The molecule has 140 valence electrons. The molecule has 1 aromatic rings. The van der Waals surface area contributed by atoms with E-state index >= 15 is 0 Å². The maximum Gasteiger partial charge on any atom is 0.311 e. The van der Waals surface area contributed by atoms with Crippen molar-refractivity contribution in [1.82, 2.24) is 0 Å². The van der Waals surface area contributed by atoms with Crippen molar-refractivity contribution in [2.45, 2.75) is 38.2 Å². The molecule has 2 N–H and O–H groups in total. The van der Waals surface area contributed by atoms with Gasteiger partial charge < -0.3 is 15.2 Å². The number of hydrogen-bond acceptors (Lipinski definition) is 4. The van der Waals surface area contributed by atoms with Crippen LogP contribution in [0, 0.1) is 29.0 Å². The summed E-state index contributed by atoms with van der Waals surface area (Å²) in [6.45, 7) is 0. The number of carbonyl (C=O) groups excluding carboxylic acids is 2. The monoisotopic (exact) mass is 381 g/mol. The van der Waals surface area contributed by atoms with Gasteiger partial charge in [-0.3, -0.25) is 9.59 Å². The smallest absolute Gasteiger partial charge is 0.311 e. The summed E-state index contributed by atoms with van der Waals surface area (Å²) >= 11 is 6.19. The van der Waals surface area contributed by atoms with E-state index in [9.17, 15) is 14.0 Å². The summed E-state index contributed by atoms with van der Waals surface area (Å²) in [5.74, 6) is -0.567. The number of rotatable bonds is 4. The van der Waals surface area contributed by atoms with E-state index in [0.717, 1.165) is 38.2 Å². The first-order valence-corrected chi connectivity index (χ1v) is 9.24. The van der Waals surface area contributed by atoms with Crippen LogP contribution in [0.2, 0.25) is 5.02 Å². The van der Waals surface area contributed by atoms with Crippen molar-refractivity contribution in [3.8, 4) is 5.75 Å². The Hall–Kier alpha value is -1.82. The Morgan fingerprint density at radius 1 is 1.23 bits per heavy atom. The lowest BCUT2D eigenvalue weighted by molar-refractivity contribution is -0.179. The van der Waals surface area contributed by atoms with Gasteiger partial charge in [-0.05, 0) is 55.9 Å². The number of ether oxygens (including phenoxy) is 2. The standard InChI is InChI=1S/C19H21ClFNO4/c1-25-18(24)19-6-9-2-10(7-19)16(11(3-9)8-19)26-15-5-14(21)12(17(22)23)4-13(15)20/h4-5,9-11,16H,2-3,6-8H2,1H3,(H2,22,23). The molecule has 1 aromatic carbocycles. The van der Waals surface area contributed by atoms with Crippen LogP contribution in [-0.2, 0) is 9.53 Å². The zero-order chi connectivity index (χ0) is 18.6. The maximum absolute atomic E-state index is 14.1. The van der Waals surface area contributed by atoms with Crippen LogP contribution in [0.3, 0.4) is 0 Å². The Kier molecular flexibility index (Phi) is 4.14. The molecule has 0 saturated heterocycles. The highest BCUT2D eigenvalue weighted by molar-refractivity contribution is 6.32. The summed E-state index contributed by atoms with van der Waals surface area (Å²) in [6.07, 6.45) is 4.25. The van der Waals surface area contributed by atoms with Gasteiger partial charge in [0.05, 0.1) is 23.1 Å². The largest absolute Gasteiger partial charge is 0.488 e. The molecule has 4 saturated carbocycles. The third-order valence-corrected chi connectivity index (χ3v) is 6.65. The lowest BCUT2D eigenvalue weighted by Crippen LogP contribution is -2.58. The van der Waals surface area contributed by atoms with Crippen molar-refractivity contribution < 1.29 is 23.5 Å². The van der Waals surface area contributed by atoms with Gasteiger partial charge in [0.1, 0.15) is 17.7 Å². The van der Waals surface area contributed by atoms with E-state index in [4.69, 9.17) is 26.8 Å². The molecule has 0 aliphatic heterocycles. The van der Waals surface area contributed by atoms with Crippen molar-refractivity contribution in [2.24, 2.45) is 28.9 Å². The first kappa shape index (κ1) is 17.6. The zero-order valence-corrected chi connectivity index (χ0v) is 15.2. The number of carbonyl (C=O) groups is 2. The molecule has 0 radical (unpaired) electrons. The quantitative estimate of drug-likeness (QED) is 0.811. The van der Waals surface area contributed by atoms with Gasteiger partial charge in [-0.25, -0.2) is 4.39 Å². The highest BCUT2D eigenvalue weighted by atomic mass is 35.5. The number of halogens is 2. The molecule has 2 atom stereocenters. The lowest BCUT2D eigenvalue weighted by atomic mass is 9.48. The highest BCUT2D eigenvalue weighted by Crippen LogP contribution is 2.61. The SMILES string of the molecule is COC(=O)C12CC3CC(C1)C(Oc1cc(F)c(C(N)=O)cc1Cl)C(C3)C2. The Balaban J connectivity index is 1.59. The second-order valence-electron chi connectivity index (χ2n) is 7.95. The fraction of sp³-hybridized carbons (Fsp3) is 0.579. The maximum atomic E-state index is 14.1. The minimum Gasteiger partial charge on any atom is -0.488 e. The number of primary amides is 1. The summed E-state index contributed by atoms with van der Waals surface area (Å²) in [7, 11) is 1.44. The first-order chi connectivity index (χ1) is 12.3. The fourth-order valence-corrected chi connectivity index (χ4v) is 5.80. The average Bonchev–Trinajstić information content (AvgIpc) is 2.59. The normalized spacial score (nSPS) is 34.6. The minimum atomic E-state index is -0.870. The number of amides is 1. The van der Waals surface area contributed by atoms with E-state index in [0.29, 0.717) is 5.92 Å². The third-order valence-electron chi connectivity index (χ3n) is 6.36. The van der Waals surface area contributed by atoms with Crippen LogP contribution in [0.4, 0.5) is 4.39 Å². The minimum absolute atomic E-state index is 0.111. The molecule has 2 unspecified atom stereocenters. The van der Waals surface area contributed by atoms with Gasteiger partial charge in [0.25, 0.3) is 5.91 Å². The van der Waals surface area contributed by atoms with Crippen LogP contribution in [0.15, 0.2) is 12.1 Å². The second kappa shape index (κ2) is 6.12. The molecule has 4 aliphatic rings. The molecule has 0 spiro atoms. The second-order valence-corrected chi connectivity index (χ2v) is 8.36. The first-order valence-electron chi connectivity index (χ1n) is 8.87. The Labute approximate surface area is 156 Å². The molecule has 0 aromatic heterocycles. The van der Waals surface area contributed by atoms with E-state index in [1.165, 1.54) is 13.2 Å². The van der Waals surface area contributed by atoms with E-state index in [-0.39, 0.29) is 40.2 Å². The fourth-order valence-electron chi connectivity index (χ4n) is 5.59. The van der Waals surface area contributed by atoms with Gasteiger partial charge >= 0.3 is 5.97 Å². The van der Waals surface area contributed by atoms with Crippen molar-refractivity contribution >= 4 is 23.5 Å². The Morgan fingerprint density at radius 2 is 1.88 bits per heavy atom. The number of benzene rings is 1. The van der Waals surface area contributed by atoms with E-state index in [1.807, 2.05) is 0 Å². The summed E-state index contributed by atoms with van der Waals surface area (Å²) in [4.78, 5) is 23.6. The molecule has 4 fully saturated rings. The van der Waals surface area contributed by atoms with Crippen LogP contribution >= 0.6 is 11.6 Å². The van der Waals surface area contributed by atoms with Gasteiger partial charge in [-0.1, -0.05) is 11.6 Å². The third kappa shape index (κ3) is 2.66. The van der Waals surface area contributed by atoms with Gasteiger partial charge in [-0.15, -0.1) is 0 Å².